The van der Waals surface area contributed by atoms with Crippen LogP contribution >= 0.6 is 0 Å². The first-order chi connectivity index (χ1) is 13.6. The van der Waals surface area contributed by atoms with E-state index >= 15 is 0 Å². The first-order valence-electron chi connectivity index (χ1n) is 9.14. The van der Waals surface area contributed by atoms with Gasteiger partial charge in [0.15, 0.2) is 0 Å². The molecule has 1 aliphatic heterocycles. The Morgan fingerprint density at radius 3 is 2.69 bits per heavy atom. The van der Waals surface area contributed by atoms with E-state index in [1.807, 2.05) is 6.92 Å². The maximum absolute atomic E-state index is 12.7. The average molecular weight is 434 g/mol. The molecular formula is C17H21F3N4O4S. The zero-order chi connectivity index (χ0) is 21.2. The predicted octanol–water partition coefficient (Wildman–Crippen LogP) is 2.04. The molecule has 2 heterocycles. The van der Waals surface area contributed by atoms with Crippen LogP contribution in [0.2, 0.25) is 0 Å². The van der Waals surface area contributed by atoms with E-state index in [4.69, 9.17) is 0 Å². The highest BCUT2D eigenvalue weighted by atomic mass is 32.2. The summed E-state index contributed by atoms with van der Waals surface area (Å²) in [6.07, 6.45) is -3.20. The first kappa shape index (κ1) is 21.4. The lowest BCUT2D eigenvalue weighted by atomic mass is 10.1. The van der Waals surface area contributed by atoms with Crippen LogP contribution in [0.3, 0.4) is 0 Å². The van der Waals surface area contributed by atoms with E-state index in [-0.39, 0.29) is 12.2 Å². The van der Waals surface area contributed by atoms with Crippen molar-refractivity contribution in [3.63, 3.8) is 0 Å². The molecule has 1 aliphatic rings. The van der Waals surface area contributed by atoms with E-state index in [0.29, 0.717) is 31.6 Å². The van der Waals surface area contributed by atoms with Gasteiger partial charge in [-0.3, -0.25) is 4.57 Å². The number of fused-ring (bicyclic) bond motifs is 1. The highest BCUT2D eigenvalue weighted by Crippen LogP contribution is 2.29. The van der Waals surface area contributed by atoms with Crippen LogP contribution in [0.25, 0.3) is 0 Å². The Bertz CT molecular complexity index is 1030. The van der Waals surface area contributed by atoms with E-state index in [2.05, 4.69) is 14.6 Å². The number of halogens is 3. The van der Waals surface area contributed by atoms with Gasteiger partial charge in [0.25, 0.3) is 0 Å². The summed E-state index contributed by atoms with van der Waals surface area (Å²) in [6, 6.07) is 4.01. The molecule has 29 heavy (non-hydrogen) atoms. The standard InChI is InChI=1S/C17H21F3N4O4S/c1-2-10-24-16(25)23-11-9-12(7-8-15(23)21-24)22-29(26,27)14-6-4-3-5-13(14)28-17(18,19)20/h3-6,12,22H,2,7-11H2,1H3. The second-order valence-corrected chi connectivity index (χ2v) is 8.40. The summed E-state index contributed by atoms with van der Waals surface area (Å²) < 4.78 is 72.3. The summed E-state index contributed by atoms with van der Waals surface area (Å²) >= 11 is 0. The quantitative estimate of drug-likeness (QED) is 0.751. The number of sulfonamides is 1. The van der Waals surface area contributed by atoms with Crippen molar-refractivity contribution in [1.29, 1.82) is 0 Å². The fourth-order valence-corrected chi connectivity index (χ4v) is 4.70. The van der Waals surface area contributed by atoms with Gasteiger partial charge < -0.3 is 4.74 Å². The number of alkyl halides is 3. The fourth-order valence-electron chi connectivity index (χ4n) is 3.27. The summed E-state index contributed by atoms with van der Waals surface area (Å²) in [5, 5.41) is 4.29. The molecule has 1 aromatic carbocycles. The van der Waals surface area contributed by atoms with Crippen LogP contribution in [0.1, 0.15) is 32.0 Å². The SMILES string of the molecule is CCCn1nc2n(c1=O)CCC(NS(=O)(=O)c1ccccc1OC(F)(F)F)CC2. The third-order valence-electron chi connectivity index (χ3n) is 4.54. The van der Waals surface area contributed by atoms with Crippen molar-refractivity contribution in [1.82, 2.24) is 19.1 Å². The minimum absolute atomic E-state index is 0.241. The van der Waals surface area contributed by atoms with Gasteiger partial charge in [-0.15, -0.1) is 13.2 Å². The van der Waals surface area contributed by atoms with Crippen molar-refractivity contribution in [2.45, 2.75) is 63.0 Å². The van der Waals surface area contributed by atoms with Crippen LogP contribution in [-0.2, 0) is 29.5 Å². The molecule has 3 rings (SSSR count). The van der Waals surface area contributed by atoms with Crippen molar-refractivity contribution in [2.75, 3.05) is 0 Å². The van der Waals surface area contributed by atoms with Gasteiger partial charge in [0, 0.05) is 25.6 Å². The number of nitrogens with zero attached hydrogens (tertiary/aromatic N) is 3. The maximum atomic E-state index is 12.7. The Kier molecular flexibility index (Phi) is 6.03. The number of benzene rings is 1. The Hall–Kier alpha value is -2.34. The topological polar surface area (TPSA) is 95.2 Å². The van der Waals surface area contributed by atoms with Gasteiger partial charge in [0.1, 0.15) is 16.5 Å². The van der Waals surface area contributed by atoms with Crippen molar-refractivity contribution in [3.05, 3.63) is 40.6 Å². The van der Waals surface area contributed by atoms with E-state index in [0.717, 1.165) is 18.6 Å². The van der Waals surface area contributed by atoms with Gasteiger partial charge in [0.2, 0.25) is 10.0 Å². The Labute approximate surface area is 165 Å². The van der Waals surface area contributed by atoms with Gasteiger partial charge in [0.05, 0.1) is 0 Å². The third kappa shape index (κ3) is 4.99. The van der Waals surface area contributed by atoms with Gasteiger partial charge in [-0.05, 0) is 31.4 Å². The van der Waals surface area contributed by atoms with Crippen molar-refractivity contribution >= 4 is 10.0 Å². The molecule has 8 nitrogen and oxygen atoms in total. The number of para-hydroxylation sites is 1. The summed E-state index contributed by atoms with van der Waals surface area (Å²) in [7, 11) is -4.26. The van der Waals surface area contributed by atoms with E-state index in [1.54, 1.807) is 0 Å². The van der Waals surface area contributed by atoms with E-state index in [1.165, 1.54) is 21.4 Å². The molecule has 0 aliphatic carbocycles. The van der Waals surface area contributed by atoms with Crippen LogP contribution in [0.5, 0.6) is 5.75 Å². The second-order valence-electron chi connectivity index (χ2n) is 6.71. The number of ether oxygens (including phenoxy) is 1. The fraction of sp³-hybridized carbons (Fsp3) is 0.529. The number of hydrogen-bond donors (Lipinski definition) is 1. The molecule has 1 unspecified atom stereocenters. The summed E-state index contributed by atoms with van der Waals surface area (Å²) in [6.45, 7) is 2.71. The van der Waals surface area contributed by atoms with Crippen molar-refractivity contribution in [3.8, 4) is 5.75 Å². The van der Waals surface area contributed by atoms with Crippen LogP contribution in [0, 0.1) is 0 Å². The summed E-state index contributed by atoms with van der Waals surface area (Å²) in [5.74, 6) is -0.220. The average Bonchev–Trinajstić information content (AvgIpc) is 2.79. The molecule has 0 amide bonds. The van der Waals surface area contributed by atoms with Gasteiger partial charge in [-0.2, -0.15) is 5.10 Å². The highest BCUT2D eigenvalue weighted by molar-refractivity contribution is 7.89. The largest absolute Gasteiger partial charge is 0.573 e. The number of rotatable bonds is 6. The molecule has 12 heteroatoms. The highest BCUT2D eigenvalue weighted by Gasteiger charge is 2.34. The number of hydrogen-bond acceptors (Lipinski definition) is 5. The number of aryl methyl sites for hydroxylation is 2. The van der Waals surface area contributed by atoms with Gasteiger partial charge in [-0.25, -0.2) is 22.6 Å². The maximum Gasteiger partial charge on any atom is 0.573 e. The second kappa shape index (κ2) is 8.19. The minimum atomic E-state index is -5.01. The number of nitrogens with one attached hydrogen (secondary N) is 1. The molecule has 0 spiro atoms. The number of aromatic nitrogens is 3. The molecule has 0 saturated heterocycles. The molecule has 0 saturated carbocycles. The molecule has 2 aromatic rings. The normalized spacial score (nSPS) is 17.6. The minimum Gasteiger partial charge on any atom is -0.404 e. The molecule has 0 bridgehead atoms. The molecule has 0 fully saturated rings. The summed E-state index contributed by atoms with van der Waals surface area (Å²) in [5.41, 5.74) is -0.241. The Morgan fingerprint density at radius 1 is 1.28 bits per heavy atom. The lowest BCUT2D eigenvalue weighted by Gasteiger charge is -2.18. The lowest BCUT2D eigenvalue weighted by Crippen LogP contribution is -2.36. The lowest BCUT2D eigenvalue weighted by molar-refractivity contribution is -0.275. The first-order valence-corrected chi connectivity index (χ1v) is 10.6. The third-order valence-corrected chi connectivity index (χ3v) is 6.10. The molecule has 1 N–H and O–H groups in total. The van der Waals surface area contributed by atoms with Gasteiger partial charge >= 0.3 is 12.1 Å². The van der Waals surface area contributed by atoms with Gasteiger partial charge in [-0.1, -0.05) is 19.1 Å². The van der Waals surface area contributed by atoms with Crippen LogP contribution in [0.15, 0.2) is 34.0 Å². The van der Waals surface area contributed by atoms with Crippen molar-refractivity contribution < 1.29 is 26.3 Å². The van der Waals surface area contributed by atoms with Crippen molar-refractivity contribution in [2.24, 2.45) is 0 Å². The Morgan fingerprint density at radius 2 is 2.00 bits per heavy atom. The Balaban J connectivity index is 1.76. The molecule has 160 valence electrons. The van der Waals surface area contributed by atoms with E-state index in [9.17, 15) is 26.4 Å². The molecule has 1 atom stereocenters. The molecule has 0 radical (unpaired) electrons. The predicted molar refractivity (Wildman–Crippen MR) is 97.0 cm³/mol. The monoisotopic (exact) mass is 434 g/mol. The van der Waals surface area contributed by atoms with Crippen LogP contribution in [0.4, 0.5) is 13.2 Å². The summed E-state index contributed by atoms with van der Waals surface area (Å²) in [4.78, 5) is 11.8. The zero-order valence-electron chi connectivity index (χ0n) is 15.6. The van der Waals surface area contributed by atoms with Crippen LogP contribution in [-0.4, -0.2) is 35.2 Å². The zero-order valence-corrected chi connectivity index (χ0v) is 16.5. The van der Waals surface area contributed by atoms with Crippen LogP contribution < -0.4 is 15.1 Å². The molecule has 1 aromatic heterocycles. The molecular weight excluding hydrogens is 413 g/mol. The van der Waals surface area contributed by atoms with E-state index < -0.39 is 33.1 Å². The smallest absolute Gasteiger partial charge is 0.404 e.